The maximum Gasteiger partial charge on any atom is 0.410 e. The van der Waals surface area contributed by atoms with Crippen LogP contribution in [0.1, 0.15) is 0 Å². The van der Waals surface area contributed by atoms with Gasteiger partial charge in [0.25, 0.3) is 0 Å². The first-order valence-corrected chi connectivity index (χ1v) is 10.5. The molecule has 30 heavy (non-hydrogen) atoms. The summed E-state index contributed by atoms with van der Waals surface area (Å²) in [5, 5.41) is 12.4. The zero-order chi connectivity index (χ0) is 20.7. The number of imidazole rings is 1. The fourth-order valence-electron chi connectivity index (χ4n) is 3.08. The van der Waals surface area contributed by atoms with Crippen molar-refractivity contribution in [2.24, 2.45) is 0 Å². The van der Waals surface area contributed by atoms with E-state index in [1.807, 2.05) is 47.1 Å². The molecule has 3 aromatic heterocycles. The fourth-order valence-corrected chi connectivity index (χ4v) is 4.95. The van der Waals surface area contributed by atoms with E-state index in [2.05, 4.69) is 15.3 Å². The van der Waals surface area contributed by atoms with E-state index in [1.165, 1.54) is 23.5 Å². The Labute approximate surface area is 178 Å². The lowest BCUT2D eigenvalue weighted by atomic mass is 10.1. The number of carbonyl (C=O) groups is 1. The molecule has 1 amide bonds. The van der Waals surface area contributed by atoms with Gasteiger partial charge in [0, 0.05) is 11.1 Å². The van der Waals surface area contributed by atoms with E-state index in [4.69, 9.17) is 5.11 Å². The van der Waals surface area contributed by atoms with Crippen LogP contribution in [-0.2, 0) is 0 Å². The van der Waals surface area contributed by atoms with Gasteiger partial charge in [0.1, 0.15) is 16.5 Å². The smallest absolute Gasteiger partial charge is 0.410 e. The molecule has 0 aliphatic rings. The summed E-state index contributed by atoms with van der Waals surface area (Å²) in [4.78, 5) is 20.5. The van der Waals surface area contributed by atoms with Gasteiger partial charge in [-0.15, -0.1) is 0 Å². The maximum absolute atomic E-state index is 13.2. The number of thiazole rings is 1. The van der Waals surface area contributed by atoms with Crippen molar-refractivity contribution in [2.45, 2.75) is 9.92 Å². The van der Waals surface area contributed by atoms with Crippen molar-refractivity contribution in [2.75, 3.05) is 5.32 Å². The number of halogens is 1. The van der Waals surface area contributed by atoms with Crippen LogP contribution < -0.4 is 5.32 Å². The van der Waals surface area contributed by atoms with Gasteiger partial charge in [-0.3, -0.25) is 9.72 Å². The number of amides is 1. The molecule has 0 fully saturated rings. The second-order valence-corrected chi connectivity index (χ2v) is 8.55. The van der Waals surface area contributed by atoms with Crippen LogP contribution >= 0.6 is 23.1 Å². The van der Waals surface area contributed by atoms with Crippen molar-refractivity contribution in [3.8, 4) is 11.1 Å². The number of nitrogens with zero attached hydrogens (tertiary/aromatic N) is 3. The molecule has 0 unspecified atom stereocenters. The van der Waals surface area contributed by atoms with Crippen LogP contribution in [0.15, 0.2) is 76.9 Å². The van der Waals surface area contributed by atoms with Gasteiger partial charge >= 0.3 is 6.09 Å². The van der Waals surface area contributed by atoms with E-state index >= 15 is 0 Å². The largest absolute Gasteiger partial charge is 0.465 e. The lowest BCUT2D eigenvalue weighted by molar-refractivity contribution is 0.209. The number of benzene rings is 2. The van der Waals surface area contributed by atoms with Crippen molar-refractivity contribution in [3.05, 3.63) is 72.8 Å². The van der Waals surface area contributed by atoms with Crippen LogP contribution in [0.5, 0.6) is 0 Å². The predicted molar refractivity (Wildman–Crippen MR) is 116 cm³/mol. The van der Waals surface area contributed by atoms with Crippen LogP contribution in [0.3, 0.4) is 0 Å². The van der Waals surface area contributed by atoms with E-state index in [-0.39, 0.29) is 5.82 Å². The highest BCUT2D eigenvalue weighted by atomic mass is 32.2. The third kappa shape index (κ3) is 3.60. The van der Waals surface area contributed by atoms with Crippen LogP contribution in [0.25, 0.3) is 27.0 Å². The summed E-state index contributed by atoms with van der Waals surface area (Å²) in [6.07, 6.45) is 2.66. The van der Waals surface area contributed by atoms with Crippen molar-refractivity contribution in [1.29, 1.82) is 0 Å². The number of hydrogen-bond donors (Lipinski definition) is 2. The quantitative estimate of drug-likeness (QED) is 0.362. The molecule has 5 rings (SSSR count). The first-order chi connectivity index (χ1) is 14.5. The van der Waals surface area contributed by atoms with E-state index in [0.29, 0.717) is 5.13 Å². The minimum Gasteiger partial charge on any atom is -0.465 e. The molecular formula is C21H13FN4O2S2. The molecule has 0 saturated carbocycles. The summed E-state index contributed by atoms with van der Waals surface area (Å²) in [6.45, 7) is 0. The van der Waals surface area contributed by atoms with Crippen molar-refractivity contribution in [1.82, 2.24) is 14.4 Å². The lowest BCUT2D eigenvalue weighted by Crippen LogP contribution is -2.06. The van der Waals surface area contributed by atoms with Crippen molar-refractivity contribution >= 4 is 50.2 Å². The second-order valence-electron chi connectivity index (χ2n) is 6.43. The van der Waals surface area contributed by atoms with Crippen molar-refractivity contribution < 1.29 is 14.3 Å². The Bertz CT molecular complexity index is 1400. The molecule has 2 aromatic carbocycles. The number of rotatable bonds is 4. The second kappa shape index (κ2) is 7.43. The summed E-state index contributed by atoms with van der Waals surface area (Å²) >= 11 is 2.84. The third-order valence-electron chi connectivity index (χ3n) is 4.45. The maximum atomic E-state index is 13.2. The number of aromatic nitrogens is 3. The highest BCUT2D eigenvalue weighted by molar-refractivity contribution is 7.99. The number of pyridine rings is 1. The molecule has 148 valence electrons. The Kier molecular flexibility index (Phi) is 4.61. The third-order valence-corrected chi connectivity index (χ3v) is 6.38. The van der Waals surface area contributed by atoms with Gasteiger partial charge in [-0.25, -0.2) is 19.2 Å². The summed E-state index contributed by atoms with van der Waals surface area (Å²) < 4.78 is 16.1. The molecule has 0 radical (unpaired) electrons. The number of fused-ring (bicyclic) bond motifs is 2. The molecule has 0 saturated heterocycles. The minimum atomic E-state index is -1.13. The van der Waals surface area contributed by atoms with E-state index in [0.717, 1.165) is 36.9 Å². The van der Waals surface area contributed by atoms with Crippen LogP contribution in [0.2, 0.25) is 0 Å². The molecule has 5 aromatic rings. The molecule has 0 aliphatic heterocycles. The highest BCUT2D eigenvalue weighted by Gasteiger charge is 2.10. The Morgan fingerprint density at radius 1 is 1.10 bits per heavy atom. The topological polar surface area (TPSA) is 79.5 Å². The van der Waals surface area contributed by atoms with Gasteiger partial charge in [-0.2, -0.15) is 0 Å². The standard InChI is InChI=1S/C21H13FN4O2S2/c22-14-4-1-12(2-5-14)13-3-8-18-23-10-19(26(18)11-13)29-15-6-7-16-17(9-15)30-20(24-16)25-21(27)28/h1-11H,(H,24,25)(H,27,28). The predicted octanol–water partition coefficient (Wildman–Crippen LogP) is 5.99. The van der Waals surface area contributed by atoms with Crippen molar-refractivity contribution in [3.63, 3.8) is 0 Å². The molecule has 6 nitrogen and oxygen atoms in total. The summed E-state index contributed by atoms with van der Waals surface area (Å²) in [5.41, 5.74) is 3.44. The molecule has 0 aliphatic carbocycles. The Morgan fingerprint density at radius 2 is 1.90 bits per heavy atom. The SMILES string of the molecule is O=C(O)Nc1nc2ccc(Sc3cnc4ccc(-c5ccc(F)cc5)cn34)cc2s1. The average Bonchev–Trinajstić information content (AvgIpc) is 3.31. The van der Waals surface area contributed by atoms with Gasteiger partial charge in [0.15, 0.2) is 5.13 Å². The first kappa shape index (κ1) is 18.6. The Hall–Kier alpha value is -3.43. The van der Waals surface area contributed by atoms with E-state index in [9.17, 15) is 9.18 Å². The van der Waals surface area contributed by atoms with Crippen LogP contribution in [-0.4, -0.2) is 25.6 Å². The zero-order valence-corrected chi connectivity index (χ0v) is 16.9. The zero-order valence-electron chi connectivity index (χ0n) is 15.2. The molecule has 0 bridgehead atoms. The number of carboxylic acid groups (broad SMARTS) is 1. The number of nitrogens with one attached hydrogen (secondary N) is 1. The number of anilines is 1. The van der Waals surface area contributed by atoms with Gasteiger partial charge in [-0.1, -0.05) is 35.2 Å². The Morgan fingerprint density at radius 3 is 2.70 bits per heavy atom. The summed E-state index contributed by atoms with van der Waals surface area (Å²) in [7, 11) is 0. The summed E-state index contributed by atoms with van der Waals surface area (Å²) in [5.74, 6) is -0.265. The molecular weight excluding hydrogens is 423 g/mol. The van der Waals surface area contributed by atoms with E-state index < -0.39 is 6.09 Å². The molecule has 9 heteroatoms. The molecule has 2 N–H and O–H groups in total. The minimum absolute atomic E-state index is 0.265. The summed E-state index contributed by atoms with van der Waals surface area (Å²) in [6, 6.07) is 16.1. The number of hydrogen-bond acceptors (Lipinski definition) is 5. The van der Waals surface area contributed by atoms with Gasteiger partial charge < -0.3 is 5.11 Å². The fraction of sp³-hybridized carbons (Fsp3) is 0. The molecule has 3 heterocycles. The normalized spacial score (nSPS) is 11.2. The van der Waals surface area contributed by atoms with Gasteiger partial charge in [0.2, 0.25) is 0 Å². The average molecular weight is 436 g/mol. The monoisotopic (exact) mass is 436 g/mol. The molecule has 0 atom stereocenters. The first-order valence-electron chi connectivity index (χ1n) is 8.87. The Balaban J connectivity index is 1.48. The molecule has 0 spiro atoms. The van der Waals surface area contributed by atoms with Crippen LogP contribution in [0.4, 0.5) is 14.3 Å². The highest BCUT2D eigenvalue weighted by Crippen LogP contribution is 2.34. The van der Waals surface area contributed by atoms with Gasteiger partial charge in [0.05, 0.1) is 16.4 Å². The van der Waals surface area contributed by atoms with E-state index in [1.54, 1.807) is 23.9 Å². The van der Waals surface area contributed by atoms with Crippen LogP contribution in [0, 0.1) is 5.82 Å². The lowest BCUT2D eigenvalue weighted by Gasteiger charge is -2.06. The van der Waals surface area contributed by atoms with Gasteiger partial charge in [-0.05, 0) is 53.6 Å².